The number of aliphatic hydroxyl groups is 1. The van der Waals surface area contributed by atoms with Crippen LogP contribution in [0.1, 0.15) is 38.4 Å². The smallest absolute Gasteiger partial charge is 0.246 e. The van der Waals surface area contributed by atoms with Gasteiger partial charge in [-0.1, -0.05) is 26.8 Å². The SMILES string of the molecule is CC.CC1C2Cc3cc(-c4c(F)cccc4F)nnc3[C@@]1(OCC(=O)NCC1(O)COC1)C2. The zero-order valence-electron chi connectivity index (χ0n) is 19.0. The van der Waals surface area contributed by atoms with Crippen molar-refractivity contribution in [3.8, 4) is 11.3 Å². The Labute approximate surface area is 191 Å². The maximum Gasteiger partial charge on any atom is 0.246 e. The van der Waals surface area contributed by atoms with E-state index in [2.05, 4.69) is 22.4 Å². The van der Waals surface area contributed by atoms with Crippen molar-refractivity contribution in [2.24, 2.45) is 11.8 Å². The minimum absolute atomic E-state index is 0.105. The molecule has 0 radical (unpaired) electrons. The van der Waals surface area contributed by atoms with Crippen LogP contribution < -0.4 is 5.32 Å². The highest BCUT2D eigenvalue weighted by Crippen LogP contribution is 2.58. The van der Waals surface area contributed by atoms with E-state index in [-0.39, 0.29) is 49.4 Å². The summed E-state index contributed by atoms with van der Waals surface area (Å²) in [6.07, 6.45) is 1.44. The molecule has 1 aromatic heterocycles. The van der Waals surface area contributed by atoms with Crippen LogP contribution in [0.3, 0.4) is 0 Å². The molecule has 2 heterocycles. The van der Waals surface area contributed by atoms with Gasteiger partial charge in [0.2, 0.25) is 5.91 Å². The van der Waals surface area contributed by atoms with Gasteiger partial charge in [0.15, 0.2) is 0 Å². The summed E-state index contributed by atoms with van der Waals surface area (Å²) in [6.45, 7) is 6.37. The minimum Gasteiger partial charge on any atom is -0.383 e. The molecule has 7 nitrogen and oxygen atoms in total. The predicted octanol–water partition coefficient (Wildman–Crippen LogP) is 2.75. The summed E-state index contributed by atoms with van der Waals surface area (Å²) in [5, 5.41) is 21.1. The lowest BCUT2D eigenvalue weighted by atomic mass is 9.54. The van der Waals surface area contributed by atoms with Gasteiger partial charge in [0.25, 0.3) is 0 Å². The van der Waals surface area contributed by atoms with Gasteiger partial charge in [-0.2, -0.15) is 5.10 Å². The second-order valence-corrected chi connectivity index (χ2v) is 8.83. The predicted molar refractivity (Wildman–Crippen MR) is 116 cm³/mol. The number of ether oxygens (including phenoxy) is 2. The number of halogens is 2. The van der Waals surface area contributed by atoms with Crippen LogP contribution >= 0.6 is 0 Å². The first kappa shape index (κ1) is 23.7. The molecule has 2 N–H and O–H groups in total. The molecule has 4 aliphatic rings. The molecule has 3 aliphatic carbocycles. The van der Waals surface area contributed by atoms with Crippen molar-refractivity contribution in [1.29, 1.82) is 0 Å². The minimum atomic E-state index is -1.01. The van der Waals surface area contributed by atoms with Gasteiger partial charge in [0.1, 0.15) is 29.4 Å². The molecule has 2 unspecified atom stereocenters. The van der Waals surface area contributed by atoms with Gasteiger partial charge >= 0.3 is 0 Å². The third-order valence-corrected chi connectivity index (χ3v) is 6.80. The lowest BCUT2D eigenvalue weighted by molar-refractivity contribution is -0.198. The zero-order chi connectivity index (χ0) is 23.8. The highest BCUT2D eigenvalue weighted by molar-refractivity contribution is 5.77. The Morgan fingerprint density at radius 1 is 1.27 bits per heavy atom. The fourth-order valence-corrected chi connectivity index (χ4v) is 4.83. The van der Waals surface area contributed by atoms with E-state index in [1.807, 2.05) is 13.8 Å². The van der Waals surface area contributed by atoms with Crippen LogP contribution in [0, 0.1) is 23.5 Å². The monoisotopic (exact) mass is 461 g/mol. The van der Waals surface area contributed by atoms with Crippen molar-refractivity contribution >= 4 is 5.91 Å². The van der Waals surface area contributed by atoms with Gasteiger partial charge in [-0.25, -0.2) is 8.78 Å². The Morgan fingerprint density at radius 3 is 2.58 bits per heavy atom. The summed E-state index contributed by atoms with van der Waals surface area (Å²) in [5.74, 6) is -1.24. The average molecular weight is 462 g/mol. The van der Waals surface area contributed by atoms with E-state index in [1.54, 1.807) is 6.07 Å². The number of rotatable bonds is 6. The van der Waals surface area contributed by atoms with Crippen molar-refractivity contribution in [3.63, 3.8) is 0 Å². The number of benzene rings is 1. The topological polar surface area (TPSA) is 93.6 Å². The van der Waals surface area contributed by atoms with Crippen LogP contribution in [0.25, 0.3) is 11.3 Å². The maximum atomic E-state index is 14.2. The fraction of sp³-hybridized carbons (Fsp3) is 0.542. The van der Waals surface area contributed by atoms with Gasteiger partial charge < -0.3 is 19.9 Å². The van der Waals surface area contributed by atoms with Crippen LogP contribution in [-0.2, 0) is 26.3 Å². The maximum absolute atomic E-state index is 14.2. The molecule has 1 saturated carbocycles. The lowest BCUT2D eigenvalue weighted by Crippen LogP contribution is -2.59. The van der Waals surface area contributed by atoms with E-state index >= 15 is 0 Å². The van der Waals surface area contributed by atoms with Gasteiger partial charge in [-0.05, 0) is 48.4 Å². The molecule has 2 fully saturated rings. The van der Waals surface area contributed by atoms with E-state index in [9.17, 15) is 18.7 Å². The van der Waals surface area contributed by atoms with Crippen molar-refractivity contribution in [3.05, 3.63) is 47.2 Å². The molecule has 9 heteroatoms. The molecule has 33 heavy (non-hydrogen) atoms. The molecule has 1 saturated heterocycles. The molecule has 6 rings (SSSR count). The molecule has 2 bridgehead atoms. The summed E-state index contributed by atoms with van der Waals surface area (Å²) in [5.41, 5.74) is -0.343. The third-order valence-electron chi connectivity index (χ3n) is 6.80. The van der Waals surface area contributed by atoms with Gasteiger partial charge in [0, 0.05) is 0 Å². The second kappa shape index (κ2) is 9.04. The largest absolute Gasteiger partial charge is 0.383 e. The Balaban J connectivity index is 0.00000126. The molecule has 3 atom stereocenters. The van der Waals surface area contributed by atoms with Gasteiger partial charge in [0.05, 0.1) is 36.7 Å². The molecule has 0 spiro atoms. The number of aromatic nitrogens is 2. The summed E-state index contributed by atoms with van der Waals surface area (Å²) < 4.78 is 39.4. The summed E-state index contributed by atoms with van der Waals surface area (Å²) in [4.78, 5) is 12.3. The van der Waals surface area contributed by atoms with Crippen molar-refractivity contribution in [2.75, 3.05) is 26.4 Å². The van der Waals surface area contributed by atoms with Crippen molar-refractivity contribution in [2.45, 2.75) is 44.8 Å². The van der Waals surface area contributed by atoms with Crippen molar-refractivity contribution in [1.82, 2.24) is 15.5 Å². The third kappa shape index (κ3) is 4.13. The molecule has 2 aromatic rings. The van der Waals surface area contributed by atoms with Crippen molar-refractivity contribution < 1.29 is 28.2 Å². The van der Waals surface area contributed by atoms with E-state index in [0.717, 1.165) is 12.0 Å². The first-order valence-corrected chi connectivity index (χ1v) is 11.3. The summed E-state index contributed by atoms with van der Waals surface area (Å²) in [7, 11) is 0. The first-order valence-electron chi connectivity index (χ1n) is 11.3. The van der Waals surface area contributed by atoms with Crippen LogP contribution in [0.4, 0.5) is 8.78 Å². The number of amides is 1. The molecule has 1 aromatic carbocycles. The number of hydrogen-bond acceptors (Lipinski definition) is 6. The zero-order valence-corrected chi connectivity index (χ0v) is 19.0. The first-order chi connectivity index (χ1) is 15.8. The van der Waals surface area contributed by atoms with E-state index in [4.69, 9.17) is 9.47 Å². The molecule has 178 valence electrons. The Hall–Kier alpha value is -2.49. The average Bonchev–Trinajstić information content (AvgIpc) is 2.80. The highest BCUT2D eigenvalue weighted by Gasteiger charge is 2.59. The lowest BCUT2D eigenvalue weighted by Gasteiger charge is -2.56. The van der Waals surface area contributed by atoms with Crippen LogP contribution in [0.2, 0.25) is 0 Å². The fourth-order valence-electron chi connectivity index (χ4n) is 4.83. The van der Waals surface area contributed by atoms with Gasteiger partial charge in [-0.3, -0.25) is 4.79 Å². The molecular formula is C24H29F2N3O4. The van der Waals surface area contributed by atoms with E-state index in [1.165, 1.54) is 18.2 Å². The van der Waals surface area contributed by atoms with E-state index < -0.39 is 22.8 Å². The summed E-state index contributed by atoms with van der Waals surface area (Å²) in [6, 6.07) is 5.36. The van der Waals surface area contributed by atoms with Crippen LogP contribution in [0.15, 0.2) is 24.3 Å². The second-order valence-electron chi connectivity index (χ2n) is 8.83. The molecule has 1 amide bonds. The van der Waals surface area contributed by atoms with Crippen LogP contribution in [-0.4, -0.2) is 53.2 Å². The number of carbonyl (C=O) groups excluding carboxylic acids is 1. The van der Waals surface area contributed by atoms with E-state index in [0.29, 0.717) is 18.0 Å². The Kier molecular flexibility index (Phi) is 6.48. The Morgan fingerprint density at radius 2 is 1.97 bits per heavy atom. The molecule has 1 aliphatic heterocycles. The standard InChI is InChI=1S/C22H23F2N3O4.C2H6/c1-12-14-5-13-6-17(19-15(23)3-2-4-16(19)24)26-27-20(13)22(12,7-14)31-8-18(28)25-9-21(29)10-30-11-21;1-2/h2-4,6,12,14,29H,5,7-11H2,1H3,(H,25,28);1-2H3/t12?,14?,22-;/m1./s1. The van der Waals surface area contributed by atoms with Gasteiger partial charge in [-0.15, -0.1) is 5.10 Å². The highest BCUT2D eigenvalue weighted by atomic mass is 19.1. The number of carbonyl (C=O) groups is 1. The number of hydrogen-bond donors (Lipinski definition) is 2. The molecular weight excluding hydrogens is 432 g/mol. The quantitative estimate of drug-likeness (QED) is 0.687. The normalized spacial score (nSPS) is 26.1. The number of nitrogens with one attached hydrogen (secondary N) is 1. The van der Waals surface area contributed by atoms with Crippen LogP contribution in [0.5, 0.6) is 0 Å². The Bertz CT molecular complexity index is 1030. The number of nitrogens with zero attached hydrogens (tertiary/aromatic N) is 2. The summed E-state index contributed by atoms with van der Waals surface area (Å²) >= 11 is 0.